The Morgan fingerprint density at radius 2 is 1.81 bits per heavy atom. The number of nitriles is 1. The van der Waals surface area contributed by atoms with Crippen molar-refractivity contribution in [2.45, 2.75) is 31.6 Å². The molecule has 4 N–H and O–H groups in total. The van der Waals surface area contributed by atoms with E-state index >= 15 is 0 Å². The first-order valence-corrected chi connectivity index (χ1v) is 11.6. The van der Waals surface area contributed by atoms with Crippen LogP contribution in [0, 0.1) is 31.1 Å². The van der Waals surface area contributed by atoms with Crippen LogP contribution in [0.4, 0.5) is 11.6 Å². The topological polar surface area (TPSA) is 159 Å². The number of aryl methyl sites for hydroxylation is 1. The quantitative estimate of drug-likeness (QED) is 0.593. The van der Waals surface area contributed by atoms with Crippen molar-refractivity contribution in [1.29, 1.82) is 5.26 Å². The van der Waals surface area contributed by atoms with Crippen LogP contribution in [0.25, 0.3) is 0 Å². The molecule has 32 heavy (non-hydrogen) atoms. The fourth-order valence-electron chi connectivity index (χ4n) is 3.54. The number of furan rings is 1. The van der Waals surface area contributed by atoms with E-state index in [0.717, 1.165) is 0 Å². The third kappa shape index (κ3) is 5.53. The Kier molecular flexibility index (Phi) is 6.98. The van der Waals surface area contributed by atoms with Crippen LogP contribution in [0.5, 0.6) is 0 Å². The smallest absolute Gasteiger partial charge is 0.240 e. The molecule has 1 aliphatic rings. The summed E-state index contributed by atoms with van der Waals surface area (Å²) < 4.78 is 28.1. The van der Waals surface area contributed by atoms with Crippen LogP contribution in [0.3, 0.4) is 0 Å². The van der Waals surface area contributed by atoms with E-state index in [1.54, 1.807) is 13.8 Å². The lowest BCUT2D eigenvalue weighted by Gasteiger charge is -2.30. The molecule has 170 valence electrons. The summed E-state index contributed by atoms with van der Waals surface area (Å²) in [6.07, 6.45) is 1.16. The molecule has 10 nitrogen and oxygen atoms in total. The minimum atomic E-state index is -3.78. The van der Waals surface area contributed by atoms with Crippen LogP contribution in [0.2, 0.25) is 0 Å². The lowest BCUT2D eigenvalue weighted by atomic mass is 9.96. The summed E-state index contributed by atoms with van der Waals surface area (Å²) in [6, 6.07) is 7.70. The van der Waals surface area contributed by atoms with Crippen LogP contribution in [0.1, 0.15) is 29.7 Å². The number of nitrogens with zero attached hydrogens (tertiary/aromatic N) is 2. The lowest BCUT2D eigenvalue weighted by Crippen LogP contribution is -2.41. The number of amides is 2. The second-order valence-electron chi connectivity index (χ2n) is 7.76. The van der Waals surface area contributed by atoms with Gasteiger partial charge in [0.2, 0.25) is 27.7 Å². The summed E-state index contributed by atoms with van der Waals surface area (Å²) in [6.45, 7) is 4.76. The Hall–Kier alpha value is -3.20. The number of carbonyl (C=O) groups is 2. The van der Waals surface area contributed by atoms with Crippen molar-refractivity contribution >= 4 is 33.4 Å². The zero-order valence-electron chi connectivity index (χ0n) is 17.8. The maximum atomic E-state index is 12.5. The number of nitrogens with one attached hydrogen (secondary N) is 2. The molecule has 1 saturated heterocycles. The number of likely N-dealkylation sites (tertiary alicyclic amines) is 1. The van der Waals surface area contributed by atoms with E-state index in [1.807, 2.05) is 11.0 Å². The van der Waals surface area contributed by atoms with Gasteiger partial charge in [-0.2, -0.15) is 5.26 Å². The number of anilines is 2. The molecule has 3 rings (SSSR count). The zero-order valence-corrected chi connectivity index (χ0v) is 18.7. The van der Waals surface area contributed by atoms with Crippen molar-refractivity contribution in [3.05, 3.63) is 41.2 Å². The number of nitrogens with two attached hydrogens (primary N) is 1. The molecule has 0 radical (unpaired) electrons. The molecule has 11 heteroatoms. The third-order valence-corrected chi connectivity index (χ3v) is 6.46. The largest absolute Gasteiger partial charge is 0.444 e. The fraction of sp³-hybridized carbons (Fsp3) is 0.381. The number of hydrogen-bond acceptors (Lipinski definition) is 7. The van der Waals surface area contributed by atoms with Crippen LogP contribution in [0.15, 0.2) is 33.6 Å². The van der Waals surface area contributed by atoms with Gasteiger partial charge in [0.15, 0.2) is 0 Å². The van der Waals surface area contributed by atoms with Crippen molar-refractivity contribution in [3.63, 3.8) is 0 Å². The molecule has 2 heterocycles. The number of carbonyl (C=O) groups excluding carboxylic acids is 2. The Bertz CT molecular complexity index is 1160. The van der Waals surface area contributed by atoms with Gasteiger partial charge in [0, 0.05) is 17.2 Å². The summed E-state index contributed by atoms with van der Waals surface area (Å²) in [5, 5.41) is 19.7. The first kappa shape index (κ1) is 23.5. The fourth-order valence-corrected chi connectivity index (χ4v) is 4.06. The summed E-state index contributed by atoms with van der Waals surface area (Å²) in [5.74, 6) is 0.0942. The Labute approximate surface area is 186 Å². The minimum Gasteiger partial charge on any atom is -0.444 e. The second-order valence-corrected chi connectivity index (χ2v) is 9.32. The molecule has 2 amide bonds. The van der Waals surface area contributed by atoms with Crippen molar-refractivity contribution in [2.75, 3.05) is 30.3 Å². The van der Waals surface area contributed by atoms with E-state index in [-0.39, 0.29) is 35.1 Å². The van der Waals surface area contributed by atoms with E-state index in [1.165, 1.54) is 24.3 Å². The van der Waals surface area contributed by atoms with Crippen molar-refractivity contribution in [3.8, 4) is 6.07 Å². The highest BCUT2D eigenvalue weighted by Gasteiger charge is 2.26. The van der Waals surface area contributed by atoms with Crippen LogP contribution in [-0.2, 0) is 19.6 Å². The van der Waals surface area contributed by atoms with Gasteiger partial charge in [0.05, 0.1) is 11.4 Å². The number of benzene rings is 1. The molecule has 1 fully saturated rings. The van der Waals surface area contributed by atoms with Crippen LogP contribution >= 0.6 is 0 Å². The standard InChI is InChI=1S/C21H25N5O5S/c1-13-14(2)31-21(18(13)11-22)25-19(27)12-26-9-7-15(8-10-26)20(28)24-16-3-5-17(6-4-16)32(23,29)30/h3-6,15H,7-10,12H2,1-2H3,(H,24,28)(H,25,27)(H2,23,29,30). The molecule has 2 aromatic rings. The SMILES string of the molecule is Cc1oc(NC(=O)CN2CCC(C(=O)Nc3ccc(S(N)(=O)=O)cc3)CC2)c(C#N)c1C. The van der Waals surface area contributed by atoms with Gasteiger partial charge >= 0.3 is 0 Å². The van der Waals surface area contributed by atoms with Gasteiger partial charge in [-0.3, -0.25) is 19.8 Å². The average molecular weight is 460 g/mol. The highest BCUT2D eigenvalue weighted by molar-refractivity contribution is 7.89. The third-order valence-electron chi connectivity index (χ3n) is 5.53. The highest BCUT2D eigenvalue weighted by Crippen LogP contribution is 2.25. The van der Waals surface area contributed by atoms with Crippen molar-refractivity contribution < 1.29 is 22.4 Å². The predicted octanol–water partition coefficient (Wildman–Crippen LogP) is 1.70. The summed E-state index contributed by atoms with van der Waals surface area (Å²) in [5.41, 5.74) is 1.51. The number of hydrogen-bond donors (Lipinski definition) is 3. The molecule has 0 unspecified atom stereocenters. The molecular weight excluding hydrogens is 434 g/mol. The van der Waals surface area contributed by atoms with E-state index in [0.29, 0.717) is 48.5 Å². The summed E-state index contributed by atoms with van der Waals surface area (Å²) in [7, 11) is -3.78. The van der Waals surface area contributed by atoms with E-state index in [2.05, 4.69) is 10.6 Å². The van der Waals surface area contributed by atoms with Gasteiger partial charge in [0.25, 0.3) is 0 Å². The number of sulfonamides is 1. The Morgan fingerprint density at radius 3 is 2.38 bits per heavy atom. The van der Waals surface area contributed by atoms with Crippen LogP contribution < -0.4 is 15.8 Å². The molecule has 0 saturated carbocycles. The average Bonchev–Trinajstić information content (AvgIpc) is 3.00. The first-order chi connectivity index (χ1) is 15.1. The zero-order chi connectivity index (χ0) is 23.5. The summed E-state index contributed by atoms with van der Waals surface area (Å²) in [4.78, 5) is 26.8. The highest BCUT2D eigenvalue weighted by atomic mass is 32.2. The number of rotatable bonds is 6. The van der Waals surface area contributed by atoms with Gasteiger partial charge in [-0.25, -0.2) is 13.6 Å². The van der Waals surface area contributed by atoms with Gasteiger partial charge < -0.3 is 9.73 Å². The Morgan fingerprint density at radius 1 is 1.19 bits per heavy atom. The van der Waals surface area contributed by atoms with Gasteiger partial charge in [-0.1, -0.05) is 0 Å². The monoisotopic (exact) mass is 459 g/mol. The van der Waals surface area contributed by atoms with E-state index in [4.69, 9.17) is 9.56 Å². The van der Waals surface area contributed by atoms with Crippen molar-refractivity contribution in [2.24, 2.45) is 11.1 Å². The van der Waals surface area contributed by atoms with Crippen LogP contribution in [-0.4, -0.2) is 44.8 Å². The number of primary sulfonamides is 1. The molecule has 0 aliphatic carbocycles. The molecule has 0 atom stereocenters. The lowest BCUT2D eigenvalue weighted by molar-refractivity contribution is -0.121. The molecule has 1 aromatic heterocycles. The van der Waals surface area contributed by atoms with Gasteiger partial charge in [-0.05, 0) is 64.0 Å². The Balaban J connectivity index is 1.48. The predicted molar refractivity (Wildman–Crippen MR) is 117 cm³/mol. The molecule has 1 aromatic carbocycles. The molecule has 1 aliphatic heterocycles. The van der Waals surface area contributed by atoms with E-state index in [9.17, 15) is 23.3 Å². The molecular formula is C21H25N5O5S. The minimum absolute atomic E-state index is 0.0242. The molecule has 0 spiro atoms. The van der Waals surface area contributed by atoms with Gasteiger partial charge in [-0.15, -0.1) is 0 Å². The first-order valence-electron chi connectivity index (χ1n) is 10.0. The summed E-state index contributed by atoms with van der Waals surface area (Å²) >= 11 is 0. The number of piperidine rings is 1. The van der Waals surface area contributed by atoms with Gasteiger partial charge in [0.1, 0.15) is 17.4 Å². The second kappa shape index (κ2) is 9.52. The van der Waals surface area contributed by atoms with Crippen molar-refractivity contribution in [1.82, 2.24) is 4.90 Å². The molecule has 0 bridgehead atoms. The maximum absolute atomic E-state index is 12.5. The maximum Gasteiger partial charge on any atom is 0.240 e. The normalized spacial score (nSPS) is 15.2. The van der Waals surface area contributed by atoms with E-state index < -0.39 is 10.0 Å².